The van der Waals surface area contributed by atoms with Gasteiger partial charge in [0.1, 0.15) is 11.5 Å². The molecule has 1 amide bonds. The summed E-state index contributed by atoms with van der Waals surface area (Å²) in [6, 6.07) is 9.73. The summed E-state index contributed by atoms with van der Waals surface area (Å²) in [7, 11) is 1.48. The van der Waals surface area contributed by atoms with Gasteiger partial charge in [-0.2, -0.15) is 0 Å². The van der Waals surface area contributed by atoms with Gasteiger partial charge in [-0.1, -0.05) is 13.3 Å². The number of ether oxygens (including phenoxy) is 2. The number of carbonyl (C=O) groups is 2. The first kappa shape index (κ1) is 24.9. The normalized spacial score (nSPS) is 17.3. The third kappa shape index (κ3) is 5.09. The quantitative estimate of drug-likeness (QED) is 0.139. The van der Waals surface area contributed by atoms with E-state index in [4.69, 9.17) is 9.47 Å². The molecule has 0 aliphatic carbocycles. The zero-order valence-electron chi connectivity index (χ0n) is 19.4. The monoisotopic (exact) mass is 468 g/mol. The fourth-order valence-corrected chi connectivity index (χ4v) is 3.87. The molecule has 0 radical (unpaired) electrons. The highest BCUT2D eigenvalue weighted by Crippen LogP contribution is 2.40. The molecule has 34 heavy (non-hydrogen) atoms. The minimum atomic E-state index is -0.906. The van der Waals surface area contributed by atoms with Crippen LogP contribution >= 0.6 is 0 Å². The molecule has 1 fully saturated rings. The summed E-state index contributed by atoms with van der Waals surface area (Å²) >= 11 is 0. The number of carbonyl (C=O) groups excluding carboxylic acids is 2. The number of aliphatic hydroxyl groups is 1. The number of benzene rings is 2. The molecule has 1 aliphatic heterocycles. The lowest BCUT2D eigenvalue weighted by Gasteiger charge is -2.25. The zero-order valence-corrected chi connectivity index (χ0v) is 19.4. The second-order valence-electron chi connectivity index (χ2n) is 8.02. The molecule has 1 saturated heterocycles. The van der Waals surface area contributed by atoms with E-state index in [-0.39, 0.29) is 30.2 Å². The molecule has 0 spiro atoms. The van der Waals surface area contributed by atoms with Gasteiger partial charge in [-0.25, -0.2) is 0 Å². The number of rotatable bonds is 10. The van der Waals surface area contributed by atoms with Gasteiger partial charge in [0.25, 0.3) is 17.4 Å². The molecule has 0 aromatic heterocycles. The Kier molecular flexibility index (Phi) is 8.01. The molecule has 2 aromatic carbocycles. The molecule has 2 aromatic rings. The Morgan fingerprint density at radius 2 is 1.85 bits per heavy atom. The molecule has 0 saturated carbocycles. The van der Waals surface area contributed by atoms with Crippen LogP contribution in [0.5, 0.6) is 5.75 Å². The van der Waals surface area contributed by atoms with Crippen LogP contribution in [0.15, 0.2) is 48.0 Å². The first-order chi connectivity index (χ1) is 16.3. The van der Waals surface area contributed by atoms with Crippen LogP contribution in [0.3, 0.4) is 0 Å². The molecule has 1 N–H and O–H groups in total. The number of methoxy groups -OCH3 is 1. The number of unbranched alkanes of at least 4 members (excludes halogenated alkanes) is 1. The lowest BCUT2D eigenvalue weighted by atomic mass is 9.94. The van der Waals surface area contributed by atoms with Crippen LogP contribution in [0.4, 0.5) is 5.69 Å². The molecule has 0 bridgehead atoms. The van der Waals surface area contributed by atoms with Crippen LogP contribution in [0.25, 0.3) is 5.76 Å². The van der Waals surface area contributed by atoms with Crippen molar-refractivity contribution in [3.8, 4) is 5.75 Å². The van der Waals surface area contributed by atoms with Gasteiger partial charge in [0.2, 0.25) is 0 Å². The van der Waals surface area contributed by atoms with Crippen LogP contribution in [-0.2, 0) is 14.3 Å². The maximum absolute atomic E-state index is 13.0. The van der Waals surface area contributed by atoms with E-state index < -0.39 is 22.7 Å². The number of non-ortho nitro benzene ring substituents is 1. The Hall–Kier alpha value is -3.72. The second kappa shape index (κ2) is 10.9. The number of hydrogen-bond donors (Lipinski definition) is 1. The third-order valence-electron chi connectivity index (χ3n) is 5.70. The number of nitro groups is 1. The zero-order chi connectivity index (χ0) is 24.8. The number of aryl methyl sites for hydroxylation is 1. The molecule has 9 heteroatoms. The van der Waals surface area contributed by atoms with Gasteiger partial charge in [0.15, 0.2) is 0 Å². The highest BCUT2D eigenvalue weighted by molar-refractivity contribution is 6.46. The van der Waals surface area contributed by atoms with E-state index >= 15 is 0 Å². The molecule has 1 aliphatic rings. The molecule has 1 atom stereocenters. The first-order valence-corrected chi connectivity index (χ1v) is 11.1. The largest absolute Gasteiger partial charge is 0.507 e. The predicted molar refractivity (Wildman–Crippen MR) is 126 cm³/mol. The van der Waals surface area contributed by atoms with Crippen molar-refractivity contribution < 1.29 is 29.1 Å². The fourth-order valence-electron chi connectivity index (χ4n) is 3.87. The Labute approximate surface area is 197 Å². The van der Waals surface area contributed by atoms with Crippen molar-refractivity contribution in [2.24, 2.45) is 0 Å². The van der Waals surface area contributed by atoms with Crippen LogP contribution in [0.2, 0.25) is 0 Å². The van der Waals surface area contributed by atoms with Crippen molar-refractivity contribution in [3.05, 3.63) is 74.8 Å². The maximum Gasteiger partial charge on any atom is 0.295 e. The number of Topliss-reactive ketones (excluding diaryl/α,β-unsaturated/α-hetero) is 1. The van der Waals surface area contributed by atoms with Gasteiger partial charge in [-0.15, -0.1) is 0 Å². The Morgan fingerprint density at radius 1 is 1.15 bits per heavy atom. The molecule has 3 rings (SSSR count). The predicted octanol–water partition coefficient (Wildman–Crippen LogP) is 4.15. The van der Waals surface area contributed by atoms with Gasteiger partial charge in [0.05, 0.1) is 29.8 Å². The number of amides is 1. The average Bonchev–Trinajstić information content (AvgIpc) is 3.08. The van der Waals surface area contributed by atoms with Crippen molar-refractivity contribution in [2.45, 2.75) is 32.7 Å². The van der Waals surface area contributed by atoms with E-state index in [1.54, 1.807) is 18.2 Å². The Morgan fingerprint density at radius 3 is 2.44 bits per heavy atom. The molecule has 0 unspecified atom stereocenters. The van der Waals surface area contributed by atoms with E-state index in [0.29, 0.717) is 23.5 Å². The van der Waals surface area contributed by atoms with Gasteiger partial charge < -0.3 is 19.5 Å². The molecule has 180 valence electrons. The number of likely N-dealkylation sites (tertiary alicyclic amines) is 1. The van der Waals surface area contributed by atoms with E-state index in [1.807, 2.05) is 6.92 Å². The average molecular weight is 469 g/mol. The van der Waals surface area contributed by atoms with Crippen LogP contribution in [0.1, 0.15) is 42.5 Å². The van der Waals surface area contributed by atoms with Gasteiger partial charge in [0, 0.05) is 31.4 Å². The van der Waals surface area contributed by atoms with Crippen molar-refractivity contribution in [1.29, 1.82) is 0 Å². The highest BCUT2D eigenvalue weighted by atomic mass is 16.6. The Balaban J connectivity index is 2.06. The summed E-state index contributed by atoms with van der Waals surface area (Å²) in [6.45, 7) is 4.78. The summed E-state index contributed by atoms with van der Waals surface area (Å²) in [6.07, 6.45) is 1.92. The van der Waals surface area contributed by atoms with E-state index in [1.165, 1.54) is 36.3 Å². The second-order valence-corrected chi connectivity index (χ2v) is 8.02. The minimum absolute atomic E-state index is 0.0750. The number of nitro benzene ring substituents is 1. The summed E-state index contributed by atoms with van der Waals surface area (Å²) < 4.78 is 10.8. The van der Waals surface area contributed by atoms with Gasteiger partial charge in [-0.3, -0.25) is 19.7 Å². The highest BCUT2D eigenvalue weighted by Gasteiger charge is 2.46. The minimum Gasteiger partial charge on any atom is -0.507 e. The van der Waals surface area contributed by atoms with Crippen LogP contribution in [0, 0.1) is 17.0 Å². The smallest absolute Gasteiger partial charge is 0.295 e. The number of aliphatic hydroxyl groups excluding tert-OH is 1. The van der Waals surface area contributed by atoms with E-state index in [0.717, 1.165) is 18.4 Å². The van der Waals surface area contributed by atoms with Crippen molar-refractivity contribution in [1.82, 2.24) is 4.90 Å². The van der Waals surface area contributed by atoms with Gasteiger partial charge >= 0.3 is 0 Å². The molecule has 1 heterocycles. The van der Waals surface area contributed by atoms with E-state index in [9.17, 15) is 24.8 Å². The molecular formula is C25H28N2O7. The summed E-state index contributed by atoms with van der Waals surface area (Å²) in [5.74, 6) is -1.22. The first-order valence-electron chi connectivity index (χ1n) is 11.1. The number of nitrogens with zero attached hydrogens (tertiary/aromatic N) is 2. The SMILES string of the molecule is CCCCOc1ccc(C(O)=C2C(=O)C(=O)N(CCOC)[C@H]2c2ccc([N+](=O)[O-])cc2)cc1C. The van der Waals surface area contributed by atoms with Crippen LogP contribution < -0.4 is 4.74 Å². The number of ketones is 1. The Bertz CT molecular complexity index is 1110. The lowest BCUT2D eigenvalue weighted by Crippen LogP contribution is -2.32. The summed E-state index contributed by atoms with van der Waals surface area (Å²) in [4.78, 5) is 37.7. The van der Waals surface area contributed by atoms with E-state index in [2.05, 4.69) is 6.92 Å². The lowest BCUT2D eigenvalue weighted by molar-refractivity contribution is -0.384. The fraction of sp³-hybridized carbons (Fsp3) is 0.360. The van der Waals surface area contributed by atoms with Gasteiger partial charge in [-0.05, 0) is 54.8 Å². The molecule has 9 nitrogen and oxygen atoms in total. The van der Waals surface area contributed by atoms with Crippen molar-refractivity contribution in [2.75, 3.05) is 26.9 Å². The summed E-state index contributed by atoms with van der Waals surface area (Å²) in [5, 5.41) is 22.2. The topological polar surface area (TPSA) is 119 Å². The van der Waals surface area contributed by atoms with Crippen LogP contribution in [-0.4, -0.2) is 53.5 Å². The van der Waals surface area contributed by atoms with Crippen molar-refractivity contribution >= 4 is 23.1 Å². The maximum atomic E-state index is 13.0. The molecular weight excluding hydrogens is 440 g/mol. The summed E-state index contributed by atoms with van der Waals surface area (Å²) in [5.41, 5.74) is 1.43. The third-order valence-corrected chi connectivity index (χ3v) is 5.70. The number of hydrogen-bond acceptors (Lipinski definition) is 7. The van der Waals surface area contributed by atoms with Crippen molar-refractivity contribution in [3.63, 3.8) is 0 Å². The standard InChI is InChI=1S/C25H28N2O7/c1-4-5-13-34-20-11-8-18(15-16(20)2)23(28)21-22(17-6-9-19(10-7-17)27(31)32)26(12-14-33-3)25(30)24(21)29/h6-11,15,22,28H,4-5,12-14H2,1-3H3/t22-/m0/s1.